The molecular formula is C31H43N5O7. The third-order valence-electron chi connectivity index (χ3n) is 9.78. The molecule has 1 saturated heterocycles. The Balaban J connectivity index is 1.31. The number of primary amides is 1. The van der Waals surface area contributed by atoms with Crippen LogP contribution in [0, 0.1) is 28.6 Å². The summed E-state index contributed by atoms with van der Waals surface area (Å²) in [6.07, 6.45) is 0.0126. The molecule has 1 aromatic carbocycles. The van der Waals surface area contributed by atoms with E-state index in [1.165, 1.54) is 0 Å². The maximum absolute atomic E-state index is 14.1. The lowest BCUT2D eigenvalue weighted by atomic mass is 9.80. The number of hydrogen-bond donors (Lipinski definition) is 4. The van der Waals surface area contributed by atoms with Gasteiger partial charge in [0.05, 0.1) is 11.8 Å². The average Bonchev–Trinajstić information content (AvgIpc) is 3.22. The summed E-state index contributed by atoms with van der Waals surface area (Å²) >= 11 is 0. The zero-order valence-electron chi connectivity index (χ0n) is 25.6. The van der Waals surface area contributed by atoms with E-state index in [0.717, 1.165) is 0 Å². The normalized spacial score (nSPS) is 29.9. The van der Waals surface area contributed by atoms with Gasteiger partial charge in [-0.3, -0.25) is 24.0 Å². The third kappa shape index (κ3) is 5.81. The summed E-state index contributed by atoms with van der Waals surface area (Å²) < 4.78 is 11.1. The molecule has 5 rings (SSSR count). The summed E-state index contributed by atoms with van der Waals surface area (Å²) in [7, 11) is 1.62. The van der Waals surface area contributed by atoms with Crippen molar-refractivity contribution in [2.75, 3.05) is 19.0 Å². The standard InChI is InChI=1S/C31H43N5O7/c1-30(2,3)24(35-26(38)15-11-16(12-15)42-6)29(41)36-14-17-22(31(17,4)5)23(36)28(40)34-19(25(32)37)13-21-27(39)33-18-9-7-8-10-20(18)43-21/h7-10,15-17,19,21-24H,11-14H2,1-6H3,(H2,32,37)(H,33,39)(H,34,40)(H,35,38)/t15?,16?,17-,19?,21-,22-,23-,24?/m0/s1. The summed E-state index contributed by atoms with van der Waals surface area (Å²) in [5.41, 5.74) is 5.39. The van der Waals surface area contributed by atoms with Gasteiger partial charge in [0.15, 0.2) is 6.10 Å². The molecule has 6 atom stereocenters. The van der Waals surface area contributed by atoms with E-state index in [0.29, 0.717) is 30.8 Å². The Labute approximate surface area is 251 Å². The summed E-state index contributed by atoms with van der Waals surface area (Å²) in [5.74, 6) is -2.14. The second-order valence-electron chi connectivity index (χ2n) is 14.0. The Hall–Kier alpha value is -3.67. The van der Waals surface area contributed by atoms with Crippen molar-refractivity contribution >= 4 is 35.2 Å². The van der Waals surface area contributed by atoms with Crippen LogP contribution in [-0.4, -0.2) is 78.4 Å². The number of anilines is 1. The monoisotopic (exact) mass is 597 g/mol. The number of likely N-dealkylation sites (tertiary alicyclic amines) is 1. The SMILES string of the molecule is COC1CC(C(=O)NC(C(=O)N2C[C@H]3[C@@H]([C@H]2C(=O)NC(C[C@@H]2Oc4ccccc4NC2=O)C(N)=O)C3(C)C)C(C)(C)C)C1. The van der Waals surface area contributed by atoms with Gasteiger partial charge in [0, 0.05) is 26.0 Å². The number of nitrogens with two attached hydrogens (primary N) is 1. The molecule has 2 aliphatic heterocycles. The minimum Gasteiger partial charge on any atom is -0.478 e. The molecule has 234 valence electrons. The van der Waals surface area contributed by atoms with Crippen LogP contribution in [0.4, 0.5) is 5.69 Å². The molecule has 2 unspecified atom stereocenters. The zero-order chi connectivity index (χ0) is 31.4. The Morgan fingerprint density at radius 2 is 1.81 bits per heavy atom. The molecule has 5 N–H and O–H groups in total. The van der Waals surface area contributed by atoms with E-state index in [1.807, 2.05) is 20.8 Å². The Morgan fingerprint density at radius 3 is 2.44 bits per heavy atom. The van der Waals surface area contributed by atoms with Crippen LogP contribution in [0.15, 0.2) is 24.3 Å². The zero-order valence-corrected chi connectivity index (χ0v) is 25.6. The fourth-order valence-corrected chi connectivity index (χ4v) is 6.83. The molecule has 2 aliphatic carbocycles. The second-order valence-corrected chi connectivity index (χ2v) is 14.0. The van der Waals surface area contributed by atoms with E-state index in [9.17, 15) is 24.0 Å². The number of rotatable bonds is 9. The van der Waals surface area contributed by atoms with Crippen LogP contribution in [0.25, 0.3) is 0 Å². The number of fused-ring (bicyclic) bond motifs is 2. The number of benzene rings is 1. The number of hydrogen-bond acceptors (Lipinski definition) is 7. The first-order chi connectivity index (χ1) is 20.1. The van der Waals surface area contributed by atoms with Crippen molar-refractivity contribution < 1.29 is 33.4 Å². The van der Waals surface area contributed by atoms with Gasteiger partial charge in [-0.15, -0.1) is 0 Å². The number of methoxy groups -OCH3 is 1. The van der Waals surface area contributed by atoms with E-state index in [4.69, 9.17) is 15.2 Å². The molecule has 2 saturated carbocycles. The number of carbonyl (C=O) groups is 5. The topological polar surface area (TPSA) is 169 Å². The molecule has 1 aromatic rings. The fourth-order valence-electron chi connectivity index (χ4n) is 6.83. The van der Waals surface area contributed by atoms with Gasteiger partial charge in [-0.2, -0.15) is 0 Å². The lowest BCUT2D eigenvalue weighted by Gasteiger charge is -2.40. The second kappa shape index (κ2) is 11.1. The summed E-state index contributed by atoms with van der Waals surface area (Å²) in [6.45, 7) is 10.1. The lowest BCUT2D eigenvalue weighted by Crippen LogP contribution is -2.61. The summed E-state index contributed by atoms with van der Waals surface area (Å²) in [6, 6.07) is 3.99. The number of amides is 5. The predicted octanol–water partition coefficient (Wildman–Crippen LogP) is 1.19. The number of nitrogens with one attached hydrogen (secondary N) is 3. The molecule has 5 amide bonds. The smallest absolute Gasteiger partial charge is 0.265 e. The summed E-state index contributed by atoms with van der Waals surface area (Å²) in [4.78, 5) is 67.8. The number of piperidine rings is 1. The van der Waals surface area contributed by atoms with Crippen molar-refractivity contribution in [2.45, 2.75) is 84.2 Å². The molecule has 0 radical (unpaired) electrons. The largest absolute Gasteiger partial charge is 0.478 e. The van der Waals surface area contributed by atoms with Gasteiger partial charge in [0.25, 0.3) is 5.91 Å². The molecule has 0 aromatic heterocycles. The Morgan fingerprint density at radius 1 is 1.14 bits per heavy atom. The highest BCUT2D eigenvalue weighted by Gasteiger charge is 2.70. The van der Waals surface area contributed by atoms with Gasteiger partial charge in [-0.1, -0.05) is 46.8 Å². The van der Waals surface area contributed by atoms with Gasteiger partial charge in [-0.05, 0) is 47.6 Å². The van der Waals surface area contributed by atoms with Crippen LogP contribution in [-0.2, 0) is 28.7 Å². The Bertz CT molecular complexity index is 1320. The van der Waals surface area contributed by atoms with Gasteiger partial charge >= 0.3 is 0 Å². The Kier molecular flexibility index (Phi) is 7.95. The number of ether oxygens (including phenoxy) is 2. The van der Waals surface area contributed by atoms with Crippen molar-refractivity contribution in [1.82, 2.24) is 15.5 Å². The molecule has 12 nitrogen and oxygen atoms in total. The van der Waals surface area contributed by atoms with Crippen LogP contribution in [0.5, 0.6) is 5.75 Å². The predicted molar refractivity (Wildman–Crippen MR) is 156 cm³/mol. The minimum absolute atomic E-state index is 0.0403. The van der Waals surface area contributed by atoms with Crippen molar-refractivity contribution in [2.24, 2.45) is 34.3 Å². The van der Waals surface area contributed by atoms with E-state index in [1.54, 1.807) is 36.3 Å². The third-order valence-corrected chi connectivity index (χ3v) is 9.78. The lowest BCUT2D eigenvalue weighted by molar-refractivity contribution is -0.147. The first kappa shape index (κ1) is 30.8. The van der Waals surface area contributed by atoms with Crippen LogP contribution in [0.3, 0.4) is 0 Å². The highest BCUT2D eigenvalue weighted by Crippen LogP contribution is 2.65. The molecule has 4 aliphatic rings. The highest BCUT2D eigenvalue weighted by atomic mass is 16.5. The molecular weight excluding hydrogens is 554 g/mol. The van der Waals surface area contributed by atoms with Crippen molar-refractivity contribution in [1.29, 1.82) is 0 Å². The molecule has 0 bridgehead atoms. The average molecular weight is 598 g/mol. The number of nitrogens with zero attached hydrogens (tertiary/aromatic N) is 1. The maximum Gasteiger partial charge on any atom is 0.265 e. The van der Waals surface area contributed by atoms with E-state index in [2.05, 4.69) is 29.8 Å². The summed E-state index contributed by atoms with van der Waals surface area (Å²) in [5, 5.41) is 8.44. The molecule has 2 heterocycles. The van der Waals surface area contributed by atoms with Crippen molar-refractivity contribution in [3.8, 4) is 5.75 Å². The van der Waals surface area contributed by atoms with Crippen molar-refractivity contribution in [3.63, 3.8) is 0 Å². The van der Waals surface area contributed by atoms with Gasteiger partial charge in [0.2, 0.25) is 23.6 Å². The van der Waals surface area contributed by atoms with Crippen LogP contribution < -0.4 is 26.4 Å². The van der Waals surface area contributed by atoms with Gasteiger partial charge in [0.1, 0.15) is 23.9 Å². The number of carbonyl (C=O) groups excluding carboxylic acids is 5. The van der Waals surface area contributed by atoms with Crippen LogP contribution in [0.2, 0.25) is 0 Å². The molecule has 12 heteroatoms. The molecule has 43 heavy (non-hydrogen) atoms. The van der Waals surface area contributed by atoms with Gasteiger partial charge in [-0.25, -0.2) is 0 Å². The van der Waals surface area contributed by atoms with E-state index < -0.39 is 47.4 Å². The first-order valence-corrected chi connectivity index (χ1v) is 14.9. The number of para-hydroxylation sites is 2. The van der Waals surface area contributed by atoms with Crippen LogP contribution in [0.1, 0.15) is 53.9 Å². The van der Waals surface area contributed by atoms with E-state index in [-0.39, 0.29) is 47.5 Å². The molecule has 0 spiro atoms. The first-order valence-electron chi connectivity index (χ1n) is 14.9. The minimum atomic E-state index is -1.21. The van der Waals surface area contributed by atoms with Crippen molar-refractivity contribution in [3.05, 3.63) is 24.3 Å². The highest BCUT2D eigenvalue weighted by molar-refractivity contribution is 5.99. The van der Waals surface area contributed by atoms with E-state index >= 15 is 0 Å². The van der Waals surface area contributed by atoms with Crippen LogP contribution >= 0.6 is 0 Å². The maximum atomic E-state index is 14.1. The fraction of sp³-hybridized carbons (Fsp3) is 0.645. The van der Waals surface area contributed by atoms with Gasteiger partial charge < -0.3 is 36.1 Å². The molecule has 3 fully saturated rings. The quantitative estimate of drug-likeness (QED) is 0.331.